The fourth-order valence-corrected chi connectivity index (χ4v) is 2.59. The lowest BCUT2D eigenvalue weighted by Gasteiger charge is -2.20. The Bertz CT molecular complexity index is 408. The van der Waals surface area contributed by atoms with Crippen molar-refractivity contribution >= 4 is 5.91 Å². The number of hydrogen-bond acceptors (Lipinski definition) is 2. The van der Waals surface area contributed by atoms with Crippen molar-refractivity contribution in [1.82, 2.24) is 5.32 Å². The molecule has 1 aromatic carbocycles. The molecule has 0 bridgehead atoms. The van der Waals surface area contributed by atoms with Crippen molar-refractivity contribution in [3.63, 3.8) is 0 Å². The molecule has 1 saturated carbocycles. The third-order valence-electron chi connectivity index (χ3n) is 3.77. The summed E-state index contributed by atoms with van der Waals surface area (Å²) >= 11 is 0. The molecule has 0 unspecified atom stereocenters. The molecular formula is C15H19NO2. The van der Waals surface area contributed by atoms with Gasteiger partial charge < -0.3 is 10.1 Å². The minimum Gasteiger partial charge on any atom is -0.368 e. The highest BCUT2D eigenvalue weighted by atomic mass is 16.5. The summed E-state index contributed by atoms with van der Waals surface area (Å²) in [5.74, 6) is 0.672. The Morgan fingerprint density at radius 2 is 2.00 bits per heavy atom. The maximum absolute atomic E-state index is 12.1. The molecule has 0 spiro atoms. The smallest absolute Gasteiger partial charge is 0.249 e. The molecule has 1 aliphatic carbocycles. The lowest BCUT2D eigenvalue weighted by atomic mass is 10.0. The van der Waals surface area contributed by atoms with Gasteiger partial charge in [0.25, 0.3) is 0 Å². The summed E-state index contributed by atoms with van der Waals surface area (Å²) in [6.45, 7) is 0.720. The molecule has 96 valence electrons. The molecule has 1 N–H and O–H groups in total. The van der Waals surface area contributed by atoms with Gasteiger partial charge in [0.05, 0.1) is 6.04 Å². The van der Waals surface area contributed by atoms with Crippen molar-refractivity contribution in [2.24, 2.45) is 5.92 Å². The number of carbonyl (C=O) groups excluding carboxylic acids is 1. The topological polar surface area (TPSA) is 38.3 Å². The fraction of sp³-hybridized carbons (Fsp3) is 0.533. The average molecular weight is 245 g/mol. The Balaban J connectivity index is 1.69. The van der Waals surface area contributed by atoms with Gasteiger partial charge in [0, 0.05) is 6.61 Å². The number of benzene rings is 1. The monoisotopic (exact) mass is 245 g/mol. The number of nitrogens with one attached hydrogen (secondary N) is 1. The third kappa shape index (κ3) is 2.56. The predicted octanol–water partition coefficient (Wildman–Crippen LogP) is 2.43. The van der Waals surface area contributed by atoms with Crippen molar-refractivity contribution < 1.29 is 9.53 Å². The molecule has 0 aromatic heterocycles. The molecule has 18 heavy (non-hydrogen) atoms. The van der Waals surface area contributed by atoms with Gasteiger partial charge in [0.15, 0.2) is 0 Å². The van der Waals surface area contributed by atoms with Crippen LogP contribution in [-0.4, -0.2) is 18.6 Å². The van der Waals surface area contributed by atoms with Crippen LogP contribution in [0.25, 0.3) is 0 Å². The molecule has 3 rings (SSSR count). The lowest BCUT2D eigenvalue weighted by Crippen LogP contribution is -2.37. The van der Waals surface area contributed by atoms with Gasteiger partial charge in [-0.05, 0) is 37.2 Å². The van der Waals surface area contributed by atoms with Crippen molar-refractivity contribution in [2.75, 3.05) is 6.61 Å². The molecule has 1 heterocycles. The van der Waals surface area contributed by atoms with Gasteiger partial charge in [-0.25, -0.2) is 0 Å². The minimum atomic E-state index is -0.227. The summed E-state index contributed by atoms with van der Waals surface area (Å²) in [7, 11) is 0. The molecule has 2 aliphatic rings. The molecule has 3 heteroatoms. The van der Waals surface area contributed by atoms with E-state index in [0.29, 0.717) is 5.92 Å². The second kappa shape index (κ2) is 5.11. The summed E-state index contributed by atoms with van der Waals surface area (Å²) in [5.41, 5.74) is 1.21. The molecule has 2 fully saturated rings. The zero-order valence-corrected chi connectivity index (χ0v) is 10.5. The van der Waals surface area contributed by atoms with E-state index in [1.807, 2.05) is 18.2 Å². The maximum Gasteiger partial charge on any atom is 0.249 e. The normalized spacial score (nSPS) is 24.8. The van der Waals surface area contributed by atoms with Crippen LogP contribution in [0.15, 0.2) is 30.3 Å². The minimum absolute atomic E-state index is 0.0632. The van der Waals surface area contributed by atoms with Gasteiger partial charge in [-0.15, -0.1) is 0 Å². The van der Waals surface area contributed by atoms with Crippen LogP contribution in [0.4, 0.5) is 0 Å². The highest BCUT2D eigenvalue weighted by Gasteiger charge is 2.35. The number of rotatable bonds is 4. The first-order valence-electron chi connectivity index (χ1n) is 6.81. The molecule has 1 saturated heterocycles. The van der Waals surface area contributed by atoms with E-state index in [1.165, 1.54) is 18.4 Å². The van der Waals surface area contributed by atoms with Gasteiger partial charge in [-0.2, -0.15) is 0 Å². The first-order valence-corrected chi connectivity index (χ1v) is 6.81. The number of ether oxygens (including phenoxy) is 1. The van der Waals surface area contributed by atoms with E-state index >= 15 is 0 Å². The van der Waals surface area contributed by atoms with Gasteiger partial charge in [-0.3, -0.25) is 4.79 Å². The number of carbonyl (C=O) groups is 1. The van der Waals surface area contributed by atoms with Crippen molar-refractivity contribution in [3.8, 4) is 0 Å². The number of amides is 1. The van der Waals surface area contributed by atoms with E-state index < -0.39 is 0 Å². The fourth-order valence-electron chi connectivity index (χ4n) is 2.59. The molecular weight excluding hydrogens is 226 g/mol. The lowest BCUT2D eigenvalue weighted by molar-refractivity contribution is -0.131. The quantitative estimate of drug-likeness (QED) is 0.884. The average Bonchev–Trinajstić information content (AvgIpc) is 3.10. The van der Waals surface area contributed by atoms with Crippen molar-refractivity contribution in [1.29, 1.82) is 0 Å². The Morgan fingerprint density at radius 1 is 1.22 bits per heavy atom. The second-order valence-corrected chi connectivity index (χ2v) is 5.24. The summed E-state index contributed by atoms with van der Waals surface area (Å²) in [6.07, 6.45) is 4.06. The zero-order chi connectivity index (χ0) is 12.4. The van der Waals surface area contributed by atoms with E-state index in [9.17, 15) is 4.79 Å². The number of hydrogen-bond donors (Lipinski definition) is 1. The summed E-state index contributed by atoms with van der Waals surface area (Å²) in [4.78, 5) is 12.1. The van der Waals surface area contributed by atoms with Crippen LogP contribution in [0.1, 0.15) is 37.3 Å². The van der Waals surface area contributed by atoms with Crippen LogP contribution in [-0.2, 0) is 9.53 Å². The van der Waals surface area contributed by atoms with Crippen LogP contribution in [0.3, 0.4) is 0 Å². The van der Waals surface area contributed by atoms with Crippen molar-refractivity contribution in [3.05, 3.63) is 35.9 Å². The highest BCUT2D eigenvalue weighted by molar-refractivity contribution is 5.81. The van der Waals surface area contributed by atoms with Gasteiger partial charge in [-0.1, -0.05) is 30.3 Å². The summed E-state index contributed by atoms with van der Waals surface area (Å²) in [5, 5.41) is 3.17. The SMILES string of the molecule is O=C(N[C@H](c1ccccc1)C1CC1)[C@@H]1CCCO1. The third-order valence-corrected chi connectivity index (χ3v) is 3.77. The predicted molar refractivity (Wildman–Crippen MR) is 69.0 cm³/mol. The van der Waals surface area contributed by atoms with Gasteiger partial charge in [0.1, 0.15) is 6.10 Å². The molecule has 0 radical (unpaired) electrons. The zero-order valence-electron chi connectivity index (χ0n) is 10.5. The van der Waals surface area contributed by atoms with Crippen LogP contribution >= 0.6 is 0 Å². The van der Waals surface area contributed by atoms with Gasteiger partial charge in [0.2, 0.25) is 5.91 Å². The van der Waals surface area contributed by atoms with E-state index in [1.54, 1.807) is 0 Å². The highest BCUT2D eigenvalue weighted by Crippen LogP contribution is 2.41. The Kier molecular flexibility index (Phi) is 3.33. The molecule has 1 aromatic rings. The van der Waals surface area contributed by atoms with Crippen LogP contribution in [0.2, 0.25) is 0 Å². The van der Waals surface area contributed by atoms with Crippen molar-refractivity contribution in [2.45, 2.75) is 37.8 Å². The standard InChI is InChI=1S/C15H19NO2/c17-15(13-7-4-10-18-13)16-14(12-8-9-12)11-5-2-1-3-6-11/h1-3,5-6,12-14H,4,7-10H2,(H,16,17)/t13-,14+/m0/s1. The Labute approximate surface area is 108 Å². The Morgan fingerprint density at radius 3 is 2.61 bits per heavy atom. The largest absolute Gasteiger partial charge is 0.368 e. The Hall–Kier alpha value is -1.35. The summed E-state index contributed by atoms with van der Waals surface area (Å²) < 4.78 is 5.44. The molecule has 2 atom stereocenters. The van der Waals surface area contributed by atoms with Gasteiger partial charge >= 0.3 is 0 Å². The maximum atomic E-state index is 12.1. The summed E-state index contributed by atoms with van der Waals surface area (Å²) in [6, 6.07) is 10.4. The first kappa shape index (κ1) is 11.7. The second-order valence-electron chi connectivity index (χ2n) is 5.24. The van der Waals surface area contributed by atoms with Crippen LogP contribution < -0.4 is 5.32 Å². The van der Waals surface area contributed by atoms with E-state index in [0.717, 1.165) is 19.4 Å². The van der Waals surface area contributed by atoms with Crippen LogP contribution in [0.5, 0.6) is 0 Å². The first-order chi connectivity index (χ1) is 8.84. The molecule has 1 aliphatic heterocycles. The van der Waals surface area contributed by atoms with E-state index in [2.05, 4.69) is 17.4 Å². The molecule has 3 nitrogen and oxygen atoms in total. The van der Waals surface area contributed by atoms with E-state index in [-0.39, 0.29) is 18.1 Å². The van der Waals surface area contributed by atoms with E-state index in [4.69, 9.17) is 4.74 Å². The molecule has 1 amide bonds. The van der Waals surface area contributed by atoms with Crippen LogP contribution in [0, 0.1) is 5.92 Å².